The monoisotopic (exact) mass is 201 g/mol. The second kappa shape index (κ2) is 5.69. The van der Waals surface area contributed by atoms with Crippen molar-refractivity contribution in [3.05, 3.63) is 11.9 Å². The normalized spacial score (nSPS) is 13.1. The zero-order chi connectivity index (χ0) is 10.4. The molecule has 0 saturated heterocycles. The number of aliphatic hydroxyl groups excluding tert-OH is 3. The van der Waals surface area contributed by atoms with Crippen molar-refractivity contribution in [2.24, 2.45) is 0 Å². The number of nitrogens with zero attached hydrogens (tertiary/aromatic N) is 3. The van der Waals surface area contributed by atoms with E-state index >= 15 is 0 Å². The summed E-state index contributed by atoms with van der Waals surface area (Å²) in [5, 5.41) is 33.9. The standard InChI is InChI=1S/C8H15N3O3/c12-3-1-2-7-4-11(10-9-7)5-8(14)6-13/h4,8,12-14H,1-3,5-6H2. The molecular formula is C8H15N3O3. The maximum absolute atomic E-state index is 9.12. The molecule has 0 saturated carbocycles. The van der Waals surface area contributed by atoms with E-state index in [1.165, 1.54) is 4.68 Å². The van der Waals surface area contributed by atoms with E-state index in [1.807, 2.05) is 0 Å². The van der Waals surface area contributed by atoms with Crippen molar-refractivity contribution in [1.82, 2.24) is 15.0 Å². The molecule has 1 aromatic rings. The molecule has 0 aromatic carbocycles. The first-order chi connectivity index (χ1) is 6.76. The van der Waals surface area contributed by atoms with Crippen LogP contribution in [-0.2, 0) is 13.0 Å². The third-order valence-electron chi connectivity index (χ3n) is 1.79. The topological polar surface area (TPSA) is 91.4 Å². The van der Waals surface area contributed by atoms with Gasteiger partial charge in [0, 0.05) is 12.8 Å². The fourth-order valence-electron chi connectivity index (χ4n) is 1.08. The molecule has 1 aromatic heterocycles. The summed E-state index contributed by atoms with van der Waals surface area (Å²) in [6.45, 7) is 0.0839. The Hall–Kier alpha value is -0.980. The van der Waals surface area contributed by atoms with Gasteiger partial charge in [0.1, 0.15) is 0 Å². The number of hydrogen-bond acceptors (Lipinski definition) is 5. The van der Waals surface area contributed by atoms with Gasteiger partial charge in [-0.1, -0.05) is 5.21 Å². The summed E-state index contributed by atoms with van der Waals surface area (Å²) < 4.78 is 1.48. The predicted molar refractivity (Wildman–Crippen MR) is 48.5 cm³/mol. The van der Waals surface area contributed by atoms with Crippen LogP contribution in [0.1, 0.15) is 12.1 Å². The number of aliphatic hydroxyl groups is 3. The Labute approximate surface area is 81.8 Å². The van der Waals surface area contributed by atoms with Crippen LogP contribution in [0.15, 0.2) is 6.20 Å². The zero-order valence-electron chi connectivity index (χ0n) is 7.87. The number of aromatic nitrogens is 3. The van der Waals surface area contributed by atoms with Gasteiger partial charge >= 0.3 is 0 Å². The molecule has 1 heterocycles. The summed E-state index contributed by atoms with van der Waals surface area (Å²) in [6, 6.07) is 0. The molecule has 1 unspecified atom stereocenters. The molecule has 0 aliphatic heterocycles. The molecule has 0 aliphatic carbocycles. The molecule has 1 atom stereocenters. The van der Waals surface area contributed by atoms with Crippen molar-refractivity contribution in [1.29, 1.82) is 0 Å². The molecule has 80 valence electrons. The molecule has 6 heteroatoms. The highest BCUT2D eigenvalue weighted by Gasteiger charge is 2.05. The largest absolute Gasteiger partial charge is 0.396 e. The van der Waals surface area contributed by atoms with E-state index in [0.29, 0.717) is 12.8 Å². The number of aryl methyl sites for hydroxylation is 1. The van der Waals surface area contributed by atoms with Gasteiger partial charge in [0.2, 0.25) is 0 Å². The van der Waals surface area contributed by atoms with E-state index in [4.69, 9.17) is 15.3 Å². The highest BCUT2D eigenvalue weighted by molar-refractivity contribution is 4.92. The van der Waals surface area contributed by atoms with Crippen molar-refractivity contribution in [2.75, 3.05) is 13.2 Å². The molecule has 0 amide bonds. The first-order valence-corrected chi connectivity index (χ1v) is 4.55. The quantitative estimate of drug-likeness (QED) is 0.524. The average molecular weight is 201 g/mol. The smallest absolute Gasteiger partial charge is 0.0966 e. The van der Waals surface area contributed by atoms with E-state index in [2.05, 4.69) is 10.3 Å². The van der Waals surface area contributed by atoms with Gasteiger partial charge in [0.25, 0.3) is 0 Å². The van der Waals surface area contributed by atoms with Gasteiger partial charge in [-0.2, -0.15) is 0 Å². The second-order valence-electron chi connectivity index (χ2n) is 3.10. The van der Waals surface area contributed by atoms with E-state index in [0.717, 1.165) is 5.69 Å². The molecular weight excluding hydrogens is 186 g/mol. The summed E-state index contributed by atoms with van der Waals surface area (Å²) in [7, 11) is 0. The van der Waals surface area contributed by atoms with E-state index < -0.39 is 6.10 Å². The lowest BCUT2D eigenvalue weighted by atomic mass is 10.2. The van der Waals surface area contributed by atoms with Crippen LogP contribution < -0.4 is 0 Å². The van der Waals surface area contributed by atoms with Gasteiger partial charge in [-0.25, -0.2) is 4.68 Å². The van der Waals surface area contributed by atoms with Crippen LogP contribution in [0.4, 0.5) is 0 Å². The Balaban J connectivity index is 2.42. The maximum Gasteiger partial charge on any atom is 0.0966 e. The van der Waals surface area contributed by atoms with Gasteiger partial charge in [-0.05, 0) is 12.8 Å². The summed E-state index contributed by atoms with van der Waals surface area (Å²) in [6.07, 6.45) is 2.23. The summed E-state index contributed by atoms with van der Waals surface area (Å²) in [4.78, 5) is 0. The van der Waals surface area contributed by atoms with Crippen LogP contribution in [0, 0.1) is 0 Å². The summed E-state index contributed by atoms with van der Waals surface area (Å²) >= 11 is 0. The summed E-state index contributed by atoms with van der Waals surface area (Å²) in [5.74, 6) is 0. The third kappa shape index (κ3) is 3.41. The van der Waals surface area contributed by atoms with Crippen molar-refractivity contribution >= 4 is 0 Å². The fourth-order valence-corrected chi connectivity index (χ4v) is 1.08. The lowest BCUT2D eigenvalue weighted by Crippen LogP contribution is -2.20. The van der Waals surface area contributed by atoms with Crippen LogP contribution in [-0.4, -0.2) is 49.6 Å². The van der Waals surface area contributed by atoms with Crippen LogP contribution in [0.5, 0.6) is 0 Å². The van der Waals surface area contributed by atoms with Gasteiger partial charge in [0.15, 0.2) is 0 Å². The van der Waals surface area contributed by atoms with Crippen LogP contribution >= 0.6 is 0 Å². The number of rotatable bonds is 6. The molecule has 0 fully saturated rings. The van der Waals surface area contributed by atoms with Gasteiger partial charge in [-0.3, -0.25) is 0 Å². The van der Waals surface area contributed by atoms with Crippen molar-refractivity contribution in [3.63, 3.8) is 0 Å². The molecule has 14 heavy (non-hydrogen) atoms. The van der Waals surface area contributed by atoms with E-state index in [9.17, 15) is 0 Å². The molecule has 0 aliphatic rings. The molecule has 3 N–H and O–H groups in total. The van der Waals surface area contributed by atoms with Crippen molar-refractivity contribution in [2.45, 2.75) is 25.5 Å². The molecule has 1 rings (SSSR count). The minimum Gasteiger partial charge on any atom is -0.396 e. The number of hydrogen-bond donors (Lipinski definition) is 3. The van der Waals surface area contributed by atoms with Crippen LogP contribution in [0.3, 0.4) is 0 Å². The van der Waals surface area contributed by atoms with Crippen LogP contribution in [0.25, 0.3) is 0 Å². The SMILES string of the molecule is OCCCc1cn(CC(O)CO)nn1. The maximum atomic E-state index is 9.12. The van der Waals surface area contributed by atoms with Crippen molar-refractivity contribution in [3.8, 4) is 0 Å². The fraction of sp³-hybridized carbons (Fsp3) is 0.750. The molecule has 0 radical (unpaired) electrons. The minimum atomic E-state index is -0.803. The zero-order valence-corrected chi connectivity index (χ0v) is 7.87. The summed E-state index contributed by atoms with van der Waals surface area (Å²) in [5.41, 5.74) is 0.782. The minimum absolute atomic E-state index is 0.131. The van der Waals surface area contributed by atoms with E-state index in [-0.39, 0.29) is 19.8 Å². The predicted octanol–water partition coefficient (Wildman–Crippen LogP) is -1.44. The van der Waals surface area contributed by atoms with Gasteiger partial charge in [0.05, 0.1) is 24.9 Å². The van der Waals surface area contributed by atoms with Gasteiger partial charge in [-0.15, -0.1) is 5.10 Å². The first-order valence-electron chi connectivity index (χ1n) is 4.55. The molecule has 0 bridgehead atoms. The van der Waals surface area contributed by atoms with E-state index in [1.54, 1.807) is 6.20 Å². The lowest BCUT2D eigenvalue weighted by Gasteiger charge is -2.04. The second-order valence-corrected chi connectivity index (χ2v) is 3.10. The Bertz CT molecular complexity index is 264. The molecule has 0 spiro atoms. The third-order valence-corrected chi connectivity index (χ3v) is 1.79. The Morgan fingerprint density at radius 1 is 1.43 bits per heavy atom. The first kappa shape index (κ1) is 11.1. The molecule has 6 nitrogen and oxygen atoms in total. The Morgan fingerprint density at radius 2 is 2.21 bits per heavy atom. The Morgan fingerprint density at radius 3 is 2.86 bits per heavy atom. The van der Waals surface area contributed by atoms with Crippen LogP contribution in [0.2, 0.25) is 0 Å². The van der Waals surface area contributed by atoms with Gasteiger partial charge < -0.3 is 15.3 Å². The average Bonchev–Trinajstić information content (AvgIpc) is 2.62. The van der Waals surface area contributed by atoms with Crippen molar-refractivity contribution < 1.29 is 15.3 Å². The lowest BCUT2D eigenvalue weighted by molar-refractivity contribution is 0.0778. The highest BCUT2D eigenvalue weighted by Crippen LogP contribution is 1.98. The highest BCUT2D eigenvalue weighted by atomic mass is 16.3. The Kier molecular flexibility index (Phi) is 4.51.